The lowest BCUT2D eigenvalue weighted by atomic mass is 10.2. The molecule has 0 amide bonds. The smallest absolute Gasteiger partial charge is 0.128 e. The van der Waals surface area contributed by atoms with Crippen molar-refractivity contribution in [1.29, 1.82) is 0 Å². The van der Waals surface area contributed by atoms with Crippen LogP contribution in [0.5, 0.6) is 5.75 Å². The molecule has 0 aliphatic heterocycles. The molecule has 0 radical (unpaired) electrons. The molecule has 0 bridgehead atoms. The Hall–Kier alpha value is -2.06. The Labute approximate surface area is 124 Å². The number of halogens is 1. The highest BCUT2D eigenvalue weighted by Crippen LogP contribution is 2.22. The van der Waals surface area contributed by atoms with Crippen LogP contribution in [0.3, 0.4) is 0 Å². The van der Waals surface area contributed by atoms with E-state index in [1.54, 1.807) is 18.4 Å². The van der Waals surface area contributed by atoms with Crippen molar-refractivity contribution >= 4 is 23.5 Å². The first-order chi connectivity index (χ1) is 9.69. The van der Waals surface area contributed by atoms with Crippen molar-refractivity contribution in [3.05, 3.63) is 71.3 Å². The Bertz CT molecular complexity index is 617. The van der Waals surface area contributed by atoms with Crippen LogP contribution in [0.4, 0.5) is 5.69 Å². The van der Waals surface area contributed by atoms with Gasteiger partial charge in [-0.05, 0) is 37.3 Å². The number of ether oxygens (including phenoxy) is 1. The zero-order chi connectivity index (χ0) is 14.4. The number of benzene rings is 2. The molecule has 0 unspecified atom stereocenters. The van der Waals surface area contributed by atoms with Gasteiger partial charge in [0.1, 0.15) is 12.4 Å². The summed E-state index contributed by atoms with van der Waals surface area (Å²) in [6.07, 6.45) is 3.46. The van der Waals surface area contributed by atoms with E-state index in [4.69, 9.17) is 16.3 Å². The molecular formula is C17H16ClNO. The molecule has 0 spiro atoms. The summed E-state index contributed by atoms with van der Waals surface area (Å²) >= 11 is 6.02. The largest absolute Gasteiger partial charge is 0.489 e. The second-order valence-electron chi connectivity index (χ2n) is 4.38. The Balaban J connectivity index is 2.24. The number of aryl methyl sites for hydroxylation is 1. The van der Waals surface area contributed by atoms with Crippen molar-refractivity contribution < 1.29 is 4.74 Å². The van der Waals surface area contributed by atoms with E-state index in [9.17, 15) is 0 Å². The minimum atomic E-state index is 0.451. The number of nitrogens with zero attached hydrogens (tertiary/aromatic N) is 1. The zero-order valence-corrected chi connectivity index (χ0v) is 12.1. The highest BCUT2D eigenvalue weighted by Gasteiger charge is 2.02. The van der Waals surface area contributed by atoms with Gasteiger partial charge in [0.25, 0.3) is 0 Å². The lowest BCUT2D eigenvalue weighted by molar-refractivity contribution is 0.363. The predicted molar refractivity (Wildman–Crippen MR) is 85.6 cm³/mol. The van der Waals surface area contributed by atoms with E-state index in [0.29, 0.717) is 11.6 Å². The molecule has 0 fully saturated rings. The van der Waals surface area contributed by atoms with E-state index in [1.165, 1.54) is 5.56 Å². The van der Waals surface area contributed by atoms with Gasteiger partial charge in [-0.3, -0.25) is 4.99 Å². The Morgan fingerprint density at radius 2 is 1.95 bits per heavy atom. The van der Waals surface area contributed by atoms with Gasteiger partial charge in [0.2, 0.25) is 0 Å². The molecule has 0 saturated heterocycles. The summed E-state index contributed by atoms with van der Waals surface area (Å²) in [5.41, 5.74) is 2.95. The van der Waals surface area contributed by atoms with E-state index in [-0.39, 0.29) is 0 Å². The van der Waals surface area contributed by atoms with E-state index >= 15 is 0 Å². The standard InChI is InChI=1S/C17H16ClNO/c1-3-10-20-17-9-6-15(18)11-14(17)12-19-16-7-4-13(2)5-8-16/h3-9,11-12H,1,10H2,2H3. The van der Waals surface area contributed by atoms with Gasteiger partial charge in [-0.25, -0.2) is 0 Å². The maximum absolute atomic E-state index is 6.02. The molecule has 102 valence electrons. The summed E-state index contributed by atoms with van der Waals surface area (Å²) in [6.45, 7) is 6.14. The summed E-state index contributed by atoms with van der Waals surface area (Å²) in [4.78, 5) is 4.44. The molecule has 2 rings (SSSR count). The van der Waals surface area contributed by atoms with Crippen LogP contribution in [-0.2, 0) is 0 Å². The lowest BCUT2D eigenvalue weighted by Crippen LogP contribution is -1.96. The number of aliphatic imine (C=N–C) groups is 1. The molecule has 0 saturated carbocycles. The van der Waals surface area contributed by atoms with Gasteiger partial charge in [0, 0.05) is 16.8 Å². The summed E-state index contributed by atoms with van der Waals surface area (Å²) < 4.78 is 5.58. The van der Waals surface area contributed by atoms with Gasteiger partial charge >= 0.3 is 0 Å². The van der Waals surface area contributed by atoms with Crippen LogP contribution < -0.4 is 4.74 Å². The zero-order valence-electron chi connectivity index (χ0n) is 11.3. The molecule has 2 nitrogen and oxygen atoms in total. The van der Waals surface area contributed by atoms with E-state index < -0.39 is 0 Å². The topological polar surface area (TPSA) is 21.6 Å². The molecule has 0 heterocycles. The van der Waals surface area contributed by atoms with Gasteiger partial charge in [-0.2, -0.15) is 0 Å². The average molecular weight is 286 g/mol. The van der Waals surface area contributed by atoms with Crippen LogP contribution in [0.2, 0.25) is 5.02 Å². The maximum atomic E-state index is 6.02. The van der Waals surface area contributed by atoms with Gasteiger partial charge < -0.3 is 4.74 Å². The Morgan fingerprint density at radius 1 is 1.20 bits per heavy atom. The normalized spacial score (nSPS) is 10.7. The third-order valence-corrected chi connectivity index (χ3v) is 2.95. The molecule has 20 heavy (non-hydrogen) atoms. The second-order valence-corrected chi connectivity index (χ2v) is 4.81. The maximum Gasteiger partial charge on any atom is 0.128 e. The van der Waals surface area contributed by atoms with Gasteiger partial charge in [0.05, 0.1) is 5.69 Å². The fourth-order valence-corrected chi connectivity index (χ4v) is 1.86. The van der Waals surface area contributed by atoms with Crippen LogP contribution in [-0.4, -0.2) is 12.8 Å². The van der Waals surface area contributed by atoms with Crippen molar-refractivity contribution in [2.75, 3.05) is 6.61 Å². The summed E-state index contributed by atoms with van der Waals surface area (Å²) in [6, 6.07) is 13.5. The summed E-state index contributed by atoms with van der Waals surface area (Å²) in [5, 5.41) is 0.654. The van der Waals surface area contributed by atoms with Crippen LogP contribution in [0.1, 0.15) is 11.1 Å². The van der Waals surface area contributed by atoms with Crippen molar-refractivity contribution in [2.45, 2.75) is 6.92 Å². The monoisotopic (exact) mass is 285 g/mol. The van der Waals surface area contributed by atoms with Crippen molar-refractivity contribution in [3.63, 3.8) is 0 Å². The van der Waals surface area contributed by atoms with Crippen molar-refractivity contribution in [2.24, 2.45) is 4.99 Å². The van der Waals surface area contributed by atoms with Gasteiger partial charge in [0.15, 0.2) is 0 Å². The Morgan fingerprint density at radius 3 is 2.65 bits per heavy atom. The molecule has 2 aromatic carbocycles. The molecular weight excluding hydrogens is 270 g/mol. The second kappa shape index (κ2) is 6.92. The van der Waals surface area contributed by atoms with Crippen LogP contribution in [0.25, 0.3) is 0 Å². The minimum absolute atomic E-state index is 0.451. The number of hydrogen-bond donors (Lipinski definition) is 0. The SMILES string of the molecule is C=CCOc1ccc(Cl)cc1C=Nc1ccc(C)cc1. The molecule has 0 aromatic heterocycles. The van der Waals surface area contributed by atoms with Crippen LogP contribution >= 0.6 is 11.6 Å². The molecule has 0 aliphatic rings. The predicted octanol–water partition coefficient (Wildman–Crippen LogP) is 4.96. The van der Waals surface area contributed by atoms with Crippen LogP contribution in [0, 0.1) is 6.92 Å². The fourth-order valence-electron chi connectivity index (χ4n) is 1.68. The molecule has 0 N–H and O–H groups in total. The van der Waals surface area contributed by atoms with Crippen molar-refractivity contribution in [1.82, 2.24) is 0 Å². The third-order valence-electron chi connectivity index (χ3n) is 2.72. The fraction of sp³-hybridized carbons (Fsp3) is 0.118. The van der Waals surface area contributed by atoms with E-state index in [0.717, 1.165) is 17.0 Å². The van der Waals surface area contributed by atoms with E-state index in [1.807, 2.05) is 43.3 Å². The van der Waals surface area contributed by atoms with Gasteiger partial charge in [-0.1, -0.05) is 42.0 Å². The summed E-state index contributed by atoms with van der Waals surface area (Å²) in [5.74, 6) is 0.741. The summed E-state index contributed by atoms with van der Waals surface area (Å²) in [7, 11) is 0. The quantitative estimate of drug-likeness (QED) is 0.562. The molecule has 0 aliphatic carbocycles. The van der Waals surface area contributed by atoms with Crippen molar-refractivity contribution in [3.8, 4) is 5.75 Å². The molecule has 3 heteroatoms. The first-order valence-corrected chi connectivity index (χ1v) is 6.71. The molecule has 2 aromatic rings. The highest BCUT2D eigenvalue weighted by molar-refractivity contribution is 6.30. The van der Waals surface area contributed by atoms with Gasteiger partial charge in [-0.15, -0.1) is 0 Å². The highest BCUT2D eigenvalue weighted by atomic mass is 35.5. The average Bonchev–Trinajstić information content (AvgIpc) is 2.46. The van der Waals surface area contributed by atoms with E-state index in [2.05, 4.69) is 11.6 Å². The molecule has 0 atom stereocenters. The Kier molecular flexibility index (Phi) is 4.97. The minimum Gasteiger partial charge on any atom is -0.489 e. The first kappa shape index (κ1) is 14.4. The van der Waals surface area contributed by atoms with Crippen LogP contribution in [0.15, 0.2) is 60.1 Å². The lowest BCUT2D eigenvalue weighted by Gasteiger charge is -2.07. The number of hydrogen-bond acceptors (Lipinski definition) is 2. The number of rotatable bonds is 5. The third kappa shape index (κ3) is 3.97. The first-order valence-electron chi connectivity index (χ1n) is 6.33.